The Bertz CT molecular complexity index is 1060. The Hall–Kier alpha value is -3.24. The molecule has 0 saturated carbocycles. The number of ether oxygens (including phenoxy) is 3. The minimum atomic E-state index is 0.462. The molecule has 1 aliphatic rings. The Labute approximate surface area is 171 Å². The second-order valence-electron chi connectivity index (χ2n) is 6.99. The maximum absolute atomic E-state index is 5.76. The summed E-state index contributed by atoms with van der Waals surface area (Å²) in [7, 11) is 1.67. The molecule has 29 heavy (non-hydrogen) atoms. The fourth-order valence-electron chi connectivity index (χ4n) is 3.58. The number of methoxy groups -OCH3 is 1. The largest absolute Gasteiger partial charge is 0.496 e. The van der Waals surface area contributed by atoms with Gasteiger partial charge in [0.25, 0.3) is 0 Å². The molecule has 1 heterocycles. The highest BCUT2D eigenvalue weighted by Gasteiger charge is 2.13. The number of benzene rings is 3. The van der Waals surface area contributed by atoms with Gasteiger partial charge < -0.3 is 19.9 Å². The molecule has 0 radical (unpaired) electrons. The van der Waals surface area contributed by atoms with Crippen LogP contribution in [0.5, 0.6) is 17.2 Å². The fraction of sp³-hybridized carbons (Fsp3) is 0.200. The highest BCUT2D eigenvalue weighted by molar-refractivity contribution is 5.78. The normalized spacial score (nSPS) is 12.9. The summed E-state index contributed by atoms with van der Waals surface area (Å²) in [6, 6.07) is 18.5. The summed E-state index contributed by atoms with van der Waals surface area (Å²) < 4.78 is 16.8. The van der Waals surface area contributed by atoms with Crippen LogP contribution in [0.4, 0.5) is 0 Å². The molecule has 2 N–H and O–H groups in total. The van der Waals surface area contributed by atoms with Crippen molar-refractivity contribution in [2.45, 2.75) is 13.5 Å². The van der Waals surface area contributed by atoms with Crippen molar-refractivity contribution >= 4 is 12.2 Å². The van der Waals surface area contributed by atoms with Crippen LogP contribution in [0.2, 0.25) is 0 Å². The summed E-state index contributed by atoms with van der Waals surface area (Å²) >= 11 is 0. The van der Waals surface area contributed by atoms with Crippen LogP contribution in [0.25, 0.3) is 23.3 Å². The topological polar surface area (TPSA) is 53.7 Å². The molecular formula is C25H25NO3. The molecule has 148 valence electrons. The number of rotatable bonds is 5. The quantitative estimate of drug-likeness (QED) is 0.621. The van der Waals surface area contributed by atoms with Crippen LogP contribution in [0.15, 0.2) is 54.6 Å². The molecule has 0 aliphatic carbocycles. The highest BCUT2D eigenvalue weighted by Crippen LogP contribution is 2.36. The van der Waals surface area contributed by atoms with E-state index < -0.39 is 0 Å². The smallest absolute Gasteiger partial charge is 0.161 e. The van der Waals surface area contributed by atoms with Gasteiger partial charge in [0.15, 0.2) is 11.5 Å². The molecular weight excluding hydrogens is 362 g/mol. The van der Waals surface area contributed by atoms with E-state index in [1.54, 1.807) is 7.11 Å². The first-order valence-electron chi connectivity index (χ1n) is 9.74. The van der Waals surface area contributed by atoms with Crippen molar-refractivity contribution in [3.05, 3.63) is 76.9 Å². The fourth-order valence-corrected chi connectivity index (χ4v) is 3.58. The van der Waals surface area contributed by atoms with Crippen molar-refractivity contribution in [3.63, 3.8) is 0 Å². The standard InChI is InChI=1S/C25H25NO3/c1-17-19(8-6-18-7-9-21(16-26)24(14-18)27-2)4-3-5-22(17)20-10-11-23-25(15-20)29-13-12-28-23/h3-11,14-15H,12-13,16,26H2,1-2H3/b8-6+. The Morgan fingerprint density at radius 1 is 0.966 bits per heavy atom. The Morgan fingerprint density at radius 3 is 2.59 bits per heavy atom. The molecule has 0 fully saturated rings. The molecule has 0 amide bonds. The Morgan fingerprint density at radius 2 is 1.79 bits per heavy atom. The zero-order chi connectivity index (χ0) is 20.2. The van der Waals surface area contributed by atoms with Crippen LogP contribution < -0.4 is 19.9 Å². The van der Waals surface area contributed by atoms with E-state index in [0.29, 0.717) is 19.8 Å². The van der Waals surface area contributed by atoms with Crippen LogP contribution in [-0.4, -0.2) is 20.3 Å². The van der Waals surface area contributed by atoms with Crippen molar-refractivity contribution in [3.8, 4) is 28.4 Å². The van der Waals surface area contributed by atoms with E-state index in [4.69, 9.17) is 19.9 Å². The van der Waals surface area contributed by atoms with E-state index in [9.17, 15) is 0 Å². The van der Waals surface area contributed by atoms with E-state index >= 15 is 0 Å². The molecule has 0 atom stereocenters. The monoisotopic (exact) mass is 387 g/mol. The maximum atomic E-state index is 5.76. The molecule has 0 saturated heterocycles. The average Bonchev–Trinajstić information content (AvgIpc) is 2.77. The SMILES string of the molecule is COc1cc(/C=C/c2cccc(-c3ccc4c(c3)OCCO4)c2C)ccc1CN. The average molecular weight is 387 g/mol. The van der Waals surface area contributed by atoms with Crippen molar-refractivity contribution in [2.24, 2.45) is 5.73 Å². The predicted molar refractivity (Wildman–Crippen MR) is 117 cm³/mol. The summed E-state index contributed by atoms with van der Waals surface area (Å²) in [5, 5.41) is 0. The molecule has 0 spiro atoms. The van der Waals surface area contributed by atoms with Gasteiger partial charge in [-0.25, -0.2) is 0 Å². The third kappa shape index (κ3) is 3.98. The molecule has 4 nitrogen and oxygen atoms in total. The van der Waals surface area contributed by atoms with E-state index in [1.807, 2.05) is 18.2 Å². The molecule has 0 unspecified atom stereocenters. The molecule has 0 aromatic heterocycles. The number of hydrogen-bond donors (Lipinski definition) is 1. The summed E-state index contributed by atoms with van der Waals surface area (Å²) in [5.74, 6) is 2.43. The molecule has 4 rings (SSSR count). The number of hydrogen-bond acceptors (Lipinski definition) is 4. The molecule has 3 aromatic rings. The van der Waals surface area contributed by atoms with Crippen LogP contribution in [0, 0.1) is 6.92 Å². The first-order valence-corrected chi connectivity index (χ1v) is 9.74. The highest BCUT2D eigenvalue weighted by atomic mass is 16.6. The first kappa shape index (κ1) is 19.1. The predicted octanol–water partition coefficient (Wildman–Crippen LogP) is 5.07. The zero-order valence-corrected chi connectivity index (χ0v) is 16.8. The zero-order valence-electron chi connectivity index (χ0n) is 16.8. The van der Waals surface area contributed by atoms with Gasteiger partial charge in [-0.2, -0.15) is 0 Å². The lowest BCUT2D eigenvalue weighted by atomic mass is 9.95. The van der Waals surface area contributed by atoms with E-state index in [2.05, 4.69) is 55.5 Å². The summed E-state index contributed by atoms with van der Waals surface area (Å²) in [4.78, 5) is 0. The lowest BCUT2D eigenvalue weighted by Gasteiger charge is -2.19. The van der Waals surface area contributed by atoms with E-state index in [-0.39, 0.29) is 0 Å². The first-order chi connectivity index (χ1) is 14.2. The van der Waals surface area contributed by atoms with Crippen LogP contribution in [0.1, 0.15) is 22.3 Å². The summed E-state index contributed by atoms with van der Waals surface area (Å²) in [5.41, 5.74) is 12.5. The Kier molecular flexibility index (Phi) is 5.54. The molecule has 1 aliphatic heterocycles. The third-order valence-corrected chi connectivity index (χ3v) is 5.22. The molecule has 3 aromatic carbocycles. The lowest BCUT2D eigenvalue weighted by Crippen LogP contribution is -2.15. The second kappa shape index (κ2) is 8.41. The van der Waals surface area contributed by atoms with Gasteiger partial charge in [0.2, 0.25) is 0 Å². The van der Waals surface area contributed by atoms with Crippen molar-refractivity contribution in [2.75, 3.05) is 20.3 Å². The van der Waals surface area contributed by atoms with Crippen LogP contribution in [0.3, 0.4) is 0 Å². The minimum Gasteiger partial charge on any atom is -0.496 e. The van der Waals surface area contributed by atoms with Gasteiger partial charge >= 0.3 is 0 Å². The van der Waals surface area contributed by atoms with Gasteiger partial charge in [0, 0.05) is 12.1 Å². The second-order valence-corrected chi connectivity index (χ2v) is 6.99. The van der Waals surface area contributed by atoms with Crippen LogP contribution >= 0.6 is 0 Å². The van der Waals surface area contributed by atoms with Gasteiger partial charge in [0.05, 0.1) is 7.11 Å². The van der Waals surface area contributed by atoms with Gasteiger partial charge in [0.1, 0.15) is 19.0 Å². The van der Waals surface area contributed by atoms with Crippen molar-refractivity contribution < 1.29 is 14.2 Å². The third-order valence-electron chi connectivity index (χ3n) is 5.22. The summed E-state index contributed by atoms with van der Waals surface area (Å²) in [6.45, 7) is 3.79. The van der Waals surface area contributed by atoms with Gasteiger partial charge in [-0.3, -0.25) is 0 Å². The van der Waals surface area contributed by atoms with Crippen LogP contribution in [-0.2, 0) is 6.54 Å². The van der Waals surface area contributed by atoms with Gasteiger partial charge in [-0.1, -0.05) is 48.6 Å². The Balaban J connectivity index is 1.64. The van der Waals surface area contributed by atoms with Gasteiger partial charge in [-0.05, 0) is 52.9 Å². The maximum Gasteiger partial charge on any atom is 0.161 e. The molecule has 0 bridgehead atoms. The lowest BCUT2D eigenvalue weighted by molar-refractivity contribution is 0.171. The van der Waals surface area contributed by atoms with E-state index in [1.165, 1.54) is 16.7 Å². The minimum absolute atomic E-state index is 0.462. The van der Waals surface area contributed by atoms with Gasteiger partial charge in [-0.15, -0.1) is 0 Å². The summed E-state index contributed by atoms with van der Waals surface area (Å²) in [6.07, 6.45) is 4.23. The van der Waals surface area contributed by atoms with Crippen molar-refractivity contribution in [1.29, 1.82) is 0 Å². The van der Waals surface area contributed by atoms with E-state index in [0.717, 1.165) is 33.9 Å². The van der Waals surface area contributed by atoms with Crippen molar-refractivity contribution in [1.82, 2.24) is 0 Å². The number of nitrogens with two attached hydrogens (primary N) is 1. The molecule has 4 heteroatoms. The number of fused-ring (bicyclic) bond motifs is 1.